The molecule has 3 rings (SSSR count). The molecule has 0 spiro atoms. The Labute approximate surface area is 155 Å². The van der Waals surface area contributed by atoms with Gasteiger partial charge < -0.3 is 14.5 Å². The van der Waals surface area contributed by atoms with E-state index in [1.165, 1.54) is 0 Å². The standard InChI is InChI=1S/C20H29N3O3/c1-20(2,3)26-19(25)22-12-4-6-16(14-22)18(24)23-13-5-7-17(23)15-8-10-21-11-9-15/h8-11,16-17H,4-7,12-14H2,1-3H3/t16-,17+/m0/s1. The van der Waals surface area contributed by atoms with Crippen LogP contribution in [0.1, 0.15) is 58.1 Å². The minimum Gasteiger partial charge on any atom is -0.444 e. The summed E-state index contributed by atoms with van der Waals surface area (Å²) in [5.74, 6) is 0.0243. The largest absolute Gasteiger partial charge is 0.444 e. The summed E-state index contributed by atoms with van der Waals surface area (Å²) < 4.78 is 5.48. The molecule has 0 N–H and O–H groups in total. The van der Waals surface area contributed by atoms with Crippen LogP contribution in [0.3, 0.4) is 0 Å². The van der Waals surface area contributed by atoms with Crippen LogP contribution >= 0.6 is 0 Å². The molecule has 3 heterocycles. The summed E-state index contributed by atoms with van der Waals surface area (Å²) in [6.45, 7) is 7.48. The van der Waals surface area contributed by atoms with Gasteiger partial charge in [0.15, 0.2) is 0 Å². The quantitative estimate of drug-likeness (QED) is 0.812. The van der Waals surface area contributed by atoms with Gasteiger partial charge in [-0.3, -0.25) is 9.78 Å². The number of amides is 2. The Morgan fingerprint density at radius 3 is 2.50 bits per heavy atom. The van der Waals surface area contributed by atoms with Gasteiger partial charge in [0.1, 0.15) is 5.60 Å². The van der Waals surface area contributed by atoms with Crippen molar-refractivity contribution in [2.24, 2.45) is 5.92 Å². The molecule has 0 aliphatic carbocycles. The van der Waals surface area contributed by atoms with Gasteiger partial charge in [-0.25, -0.2) is 4.79 Å². The summed E-state index contributed by atoms with van der Waals surface area (Å²) in [7, 11) is 0. The van der Waals surface area contributed by atoms with Crippen molar-refractivity contribution < 1.29 is 14.3 Å². The van der Waals surface area contributed by atoms with Crippen LogP contribution in [0.2, 0.25) is 0 Å². The number of hydrogen-bond acceptors (Lipinski definition) is 4. The number of nitrogens with zero attached hydrogens (tertiary/aromatic N) is 3. The number of likely N-dealkylation sites (tertiary alicyclic amines) is 2. The van der Waals surface area contributed by atoms with Crippen LogP contribution in [0, 0.1) is 5.92 Å². The van der Waals surface area contributed by atoms with E-state index >= 15 is 0 Å². The van der Waals surface area contributed by atoms with Gasteiger partial charge in [-0.2, -0.15) is 0 Å². The Bertz CT molecular complexity index is 641. The highest BCUT2D eigenvalue weighted by molar-refractivity contribution is 5.81. The maximum Gasteiger partial charge on any atom is 0.410 e. The van der Waals surface area contributed by atoms with Crippen molar-refractivity contribution in [3.05, 3.63) is 30.1 Å². The minimum atomic E-state index is -0.518. The topological polar surface area (TPSA) is 62.7 Å². The van der Waals surface area contributed by atoms with E-state index in [2.05, 4.69) is 4.98 Å². The van der Waals surface area contributed by atoms with Gasteiger partial charge in [0.2, 0.25) is 5.91 Å². The van der Waals surface area contributed by atoms with E-state index in [-0.39, 0.29) is 24.0 Å². The van der Waals surface area contributed by atoms with Crippen molar-refractivity contribution in [3.63, 3.8) is 0 Å². The van der Waals surface area contributed by atoms with E-state index in [1.807, 2.05) is 37.8 Å². The van der Waals surface area contributed by atoms with Crippen LogP contribution in [0.5, 0.6) is 0 Å². The van der Waals surface area contributed by atoms with Gasteiger partial charge in [0.05, 0.1) is 12.0 Å². The van der Waals surface area contributed by atoms with Crippen LogP contribution in [0.25, 0.3) is 0 Å². The lowest BCUT2D eigenvalue weighted by Gasteiger charge is -2.36. The highest BCUT2D eigenvalue weighted by Gasteiger charge is 2.37. The van der Waals surface area contributed by atoms with Crippen LogP contribution in [-0.4, -0.2) is 52.0 Å². The van der Waals surface area contributed by atoms with Gasteiger partial charge in [0, 0.05) is 32.0 Å². The Balaban J connectivity index is 1.66. The van der Waals surface area contributed by atoms with Crippen molar-refractivity contribution in [1.29, 1.82) is 0 Å². The smallest absolute Gasteiger partial charge is 0.410 e. The maximum atomic E-state index is 13.2. The Morgan fingerprint density at radius 1 is 1.12 bits per heavy atom. The van der Waals surface area contributed by atoms with Crippen molar-refractivity contribution in [3.8, 4) is 0 Å². The van der Waals surface area contributed by atoms with Gasteiger partial charge >= 0.3 is 6.09 Å². The molecular weight excluding hydrogens is 330 g/mol. The molecule has 142 valence electrons. The summed E-state index contributed by atoms with van der Waals surface area (Å²) in [6, 6.07) is 4.11. The zero-order chi connectivity index (χ0) is 18.7. The number of piperidine rings is 1. The molecule has 2 atom stereocenters. The molecule has 0 aromatic carbocycles. The van der Waals surface area contributed by atoms with Crippen LogP contribution in [0.15, 0.2) is 24.5 Å². The fraction of sp³-hybridized carbons (Fsp3) is 0.650. The summed E-state index contributed by atoms with van der Waals surface area (Å²) in [5, 5.41) is 0. The van der Waals surface area contributed by atoms with Crippen molar-refractivity contribution in [1.82, 2.24) is 14.8 Å². The number of rotatable bonds is 2. The summed E-state index contributed by atoms with van der Waals surface area (Å²) >= 11 is 0. The van der Waals surface area contributed by atoms with Gasteiger partial charge in [-0.1, -0.05) is 0 Å². The van der Waals surface area contributed by atoms with Crippen molar-refractivity contribution in [2.75, 3.05) is 19.6 Å². The predicted octanol–water partition coefficient (Wildman–Crippen LogP) is 3.39. The average Bonchev–Trinajstić information content (AvgIpc) is 3.10. The minimum absolute atomic E-state index is 0.127. The SMILES string of the molecule is CC(C)(C)OC(=O)N1CCC[C@H](C(=O)N2CCC[C@@H]2c2ccncc2)C1. The normalized spacial score (nSPS) is 23.8. The van der Waals surface area contributed by atoms with E-state index in [9.17, 15) is 9.59 Å². The third kappa shape index (κ3) is 4.34. The van der Waals surface area contributed by atoms with E-state index in [4.69, 9.17) is 4.74 Å². The lowest BCUT2D eigenvalue weighted by atomic mass is 9.95. The fourth-order valence-electron chi connectivity index (χ4n) is 3.87. The fourth-order valence-corrected chi connectivity index (χ4v) is 3.87. The molecular formula is C20H29N3O3. The van der Waals surface area contributed by atoms with E-state index in [0.29, 0.717) is 13.1 Å². The predicted molar refractivity (Wildman–Crippen MR) is 98.5 cm³/mol. The van der Waals surface area contributed by atoms with Gasteiger partial charge in [0.25, 0.3) is 0 Å². The third-order valence-electron chi connectivity index (χ3n) is 5.05. The zero-order valence-electron chi connectivity index (χ0n) is 16.0. The second-order valence-electron chi connectivity index (χ2n) is 8.24. The molecule has 1 aromatic heterocycles. The molecule has 6 nitrogen and oxygen atoms in total. The van der Waals surface area contributed by atoms with Gasteiger partial charge in [-0.05, 0) is 64.2 Å². The second kappa shape index (κ2) is 7.64. The van der Waals surface area contributed by atoms with Gasteiger partial charge in [-0.15, -0.1) is 0 Å². The number of carbonyl (C=O) groups is 2. The molecule has 2 saturated heterocycles. The maximum absolute atomic E-state index is 13.2. The second-order valence-corrected chi connectivity index (χ2v) is 8.24. The van der Waals surface area contributed by atoms with E-state index in [1.54, 1.807) is 17.3 Å². The zero-order valence-corrected chi connectivity index (χ0v) is 16.0. The molecule has 6 heteroatoms. The molecule has 26 heavy (non-hydrogen) atoms. The molecule has 1 aromatic rings. The molecule has 0 unspecified atom stereocenters. The van der Waals surface area contributed by atoms with Crippen molar-refractivity contribution >= 4 is 12.0 Å². The third-order valence-corrected chi connectivity index (χ3v) is 5.05. The number of aromatic nitrogens is 1. The summed E-state index contributed by atoms with van der Waals surface area (Å²) in [6.07, 6.45) is 6.91. The average molecular weight is 359 g/mol. The molecule has 2 aliphatic heterocycles. The monoisotopic (exact) mass is 359 g/mol. The molecule has 0 bridgehead atoms. The Kier molecular flexibility index (Phi) is 5.49. The molecule has 2 fully saturated rings. The first-order chi connectivity index (χ1) is 12.3. The molecule has 2 aliphatic rings. The first kappa shape index (κ1) is 18.7. The Hall–Kier alpha value is -2.11. The number of pyridine rings is 1. The van der Waals surface area contributed by atoms with Crippen molar-refractivity contribution in [2.45, 2.75) is 58.1 Å². The lowest BCUT2D eigenvalue weighted by molar-refractivity contribution is -0.138. The van der Waals surface area contributed by atoms with E-state index < -0.39 is 5.60 Å². The number of carbonyl (C=O) groups excluding carboxylic acids is 2. The first-order valence-corrected chi connectivity index (χ1v) is 9.53. The first-order valence-electron chi connectivity index (χ1n) is 9.53. The summed E-state index contributed by atoms with van der Waals surface area (Å²) in [4.78, 5) is 33.3. The lowest BCUT2D eigenvalue weighted by Crippen LogP contribution is -2.47. The highest BCUT2D eigenvalue weighted by atomic mass is 16.6. The van der Waals surface area contributed by atoms with Crippen LogP contribution in [0.4, 0.5) is 4.79 Å². The molecule has 2 amide bonds. The Morgan fingerprint density at radius 2 is 1.81 bits per heavy atom. The molecule has 0 radical (unpaired) electrons. The summed E-state index contributed by atoms with van der Waals surface area (Å²) in [5.41, 5.74) is 0.626. The number of hydrogen-bond donors (Lipinski definition) is 0. The van der Waals surface area contributed by atoms with E-state index in [0.717, 1.165) is 37.8 Å². The van der Waals surface area contributed by atoms with Crippen LogP contribution in [-0.2, 0) is 9.53 Å². The van der Waals surface area contributed by atoms with Crippen LogP contribution < -0.4 is 0 Å². The molecule has 0 saturated carbocycles. The number of ether oxygens (including phenoxy) is 1. The highest BCUT2D eigenvalue weighted by Crippen LogP contribution is 2.34.